The molecule has 0 aromatic heterocycles. The van der Waals surface area contributed by atoms with Gasteiger partial charge < -0.3 is 10.6 Å². The molecule has 19 heavy (non-hydrogen) atoms. The highest BCUT2D eigenvalue weighted by molar-refractivity contribution is 5.91. The zero-order chi connectivity index (χ0) is 13.3. The number of hydrogen-bond donors (Lipinski definition) is 2. The maximum atomic E-state index is 13.0. The molecule has 3 rings (SSSR count). The fourth-order valence-corrected chi connectivity index (χ4v) is 2.83. The highest BCUT2D eigenvalue weighted by Crippen LogP contribution is 2.48. The summed E-state index contributed by atoms with van der Waals surface area (Å²) in [5.74, 6) is -0.135. The summed E-state index contributed by atoms with van der Waals surface area (Å²) in [5.41, 5.74) is 0.554. The first-order chi connectivity index (χ1) is 9.21. The van der Waals surface area contributed by atoms with Crippen LogP contribution in [0.5, 0.6) is 0 Å². The summed E-state index contributed by atoms with van der Waals surface area (Å²) >= 11 is 0. The third-order valence-corrected chi connectivity index (χ3v) is 4.26. The second-order valence-corrected chi connectivity index (χ2v) is 5.59. The van der Waals surface area contributed by atoms with E-state index in [-0.39, 0.29) is 17.8 Å². The van der Waals surface area contributed by atoms with E-state index in [0.29, 0.717) is 0 Å². The van der Waals surface area contributed by atoms with Crippen molar-refractivity contribution in [1.29, 1.82) is 0 Å². The molecule has 0 atom stereocenters. The maximum absolute atomic E-state index is 13.0. The second kappa shape index (κ2) is 4.93. The quantitative estimate of drug-likeness (QED) is 0.871. The minimum absolute atomic E-state index is 0.117. The van der Waals surface area contributed by atoms with Crippen molar-refractivity contribution in [2.45, 2.75) is 37.1 Å². The minimum atomic E-state index is -0.390. The Balaban J connectivity index is 1.70. The smallest absolute Gasteiger partial charge is 0.230 e. The topological polar surface area (TPSA) is 41.1 Å². The number of hydrogen-bond acceptors (Lipinski definition) is 2. The molecule has 3 nitrogen and oxygen atoms in total. The number of benzene rings is 1. The average Bonchev–Trinajstić information content (AvgIpc) is 3.22. The van der Waals surface area contributed by atoms with Gasteiger partial charge in [0.15, 0.2) is 0 Å². The van der Waals surface area contributed by atoms with Crippen LogP contribution in [0.1, 0.15) is 31.2 Å². The molecule has 1 aliphatic heterocycles. The van der Waals surface area contributed by atoms with Gasteiger partial charge in [-0.25, -0.2) is 4.39 Å². The molecule has 0 unspecified atom stereocenters. The summed E-state index contributed by atoms with van der Waals surface area (Å²) in [6.45, 7) is 1.93. The van der Waals surface area contributed by atoms with Gasteiger partial charge >= 0.3 is 0 Å². The molecule has 102 valence electrons. The lowest BCUT2D eigenvalue weighted by molar-refractivity contribution is -0.124. The number of rotatable bonds is 3. The summed E-state index contributed by atoms with van der Waals surface area (Å²) in [4.78, 5) is 12.5. The fourth-order valence-electron chi connectivity index (χ4n) is 2.83. The van der Waals surface area contributed by atoms with Crippen LogP contribution < -0.4 is 10.6 Å². The van der Waals surface area contributed by atoms with Crippen LogP contribution in [0, 0.1) is 5.82 Å². The molecule has 1 heterocycles. The van der Waals surface area contributed by atoms with Crippen LogP contribution in [0.4, 0.5) is 4.39 Å². The van der Waals surface area contributed by atoms with Crippen LogP contribution in [0.3, 0.4) is 0 Å². The van der Waals surface area contributed by atoms with Crippen molar-refractivity contribution >= 4 is 5.91 Å². The van der Waals surface area contributed by atoms with Crippen molar-refractivity contribution in [3.05, 3.63) is 35.6 Å². The van der Waals surface area contributed by atoms with Gasteiger partial charge in [0.25, 0.3) is 0 Å². The summed E-state index contributed by atoms with van der Waals surface area (Å²) in [6, 6.07) is 6.64. The van der Waals surface area contributed by atoms with Crippen molar-refractivity contribution in [2.75, 3.05) is 13.1 Å². The molecule has 2 aliphatic rings. The number of piperidine rings is 1. The molecule has 2 fully saturated rings. The molecule has 4 heteroatoms. The van der Waals surface area contributed by atoms with Crippen molar-refractivity contribution in [1.82, 2.24) is 10.6 Å². The van der Waals surface area contributed by atoms with Gasteiger partial charge in [-0.3, -0.25) is 4.79 Å². The average molecular weight is 262 g/mol. The first-order valence-corrected chi connectivity index (χ1v) is 6.98. The highest BCUT2D eigenvalue weighted by atomic mass is 19.1. The molecule has 0 bridgehead atoms. The number of halogens is 1. The van der Waals surface area contributed by atoms with E-state index < -0.39 is 5.41 Å². The van der Waals surface area contributed by atoms with Gasteiger partial charge in [0.2, 0.25) is 5.91 Å². The molecule has 1 amide bonds. The molecule has 1 aromatic carbocycles. The van der Waals surface area contributed by atoms with Gasteiger partial charge in [0, 0.05) is 6.04 Å². The summed E-state index contributed by atoms with van der Waals surface area (Å²) < 4.78 is 13.0. The summed E-state index contributed by atoms with van der Waals surface area (Å²) in [7, 11) is 0. The predicted molar refractivity (Wildman–Crippen MR) is 71.3 cm³/mol. The van der Waals surface area contributed by atoms with Gasteiger partial charge in [0.1, 0.15) is 5.82 Å². The second-order valence-electron chi connectivity index (χ2n) is 5.59. The number of amides is 1. The van der Waals surface area contributed by atoms with Gasteiger partial charge in [-0.05, 0) is 56.5 Å². The molecule has 1 saturated heterocycles. The van der Waals surface area contributed by atoms with Gasteiger partial charge in [-0.15, -0.1) is 0 Å². The standard InChI is InChI=1S/C15H19FN2O/c16-12-3-1-11(2-4-12)15(7-8-15)14(19)18-13-5-9-17-10-6-13/h1-4,13,17H,5-10H2,(H,18,19). The summed E-state index contributed by atoms with van der Waals surface area (Å²) in [5, 5.41) is 6.45. The number of carbonyl (C=O) groups excluding carboxylic acids is 1. The van der Waals surface area contributed by atoms with Crippen molar-refractivity contribution in [3.8, 4) is 0 Å². The van der Waals surface area contributed by atoms with Gasteiger partial charge in [-0.1, -0.05) is 12.1 Å². The van der Waals surface area contributed by atoms with Crippen molar-refractivity contribution in [3.63, 3.8) is 0 Å². The zero-order valence-corrected chi connectivity index (χ0v) is 10.9. The molecular weight excluding hydrogens is 243 g/mol. The van der Waals surface area contributed by atoms with E-state index in [4.69, 9.17) is 0 Å². The molecule has 0 spiro atoms. The van der Waals surface area contributed by atoms with Crippen LogP contribution in [-0.2, 0) is 10.2 Å². The molecular formula is C15H19FN2O. The van der Waals surface area contributed by atoms with E-state index in [1.165, 1.54) is 12.1 Å². The van der Waals surface area contributed by atoms with E-state index in [0.717, 1.165) is 44.3 Å². The lowest BCUT2D eigenvalue weighted by atomic mass is 9.94. The van der Waals surface area contributed by atoms with E-state index in [1.54, 1.807) is 12.1 Å². The van der Waals surface area contributed by atoms with E-state index >= 15 is 0 Å². The number of carbonyl (C=O) groups is 1. The normalized spacial score (nSPS) is 21.9. The van der Waals surface area contributed by atoms with E-state index in [1.807, 2.05) is 0 Å². The van der Waals surface area contributed by atoms with E-state index in [9.17, 15) is 9.18 Å². The third kappa shape index (κ3) is 2.50. The Kier molecular flexibility index (Phi) is 3.27. The van der Waals surface area contributed by atoms with Gasteiger partial charge in [0.05, 0.1) is 5.41 Å². The SMILES string of the molecule is O=C(NC1CCNCC1)C1(c2ccc(F)cc2)CC1. The Labute approximate surface area is 112 Å². The van der Waals surface area contributed by atoms with E-state index in [2.05, 4.69) is 10.6 Å². The Bertz CT molecular complexity index is 462. The zero-order valence-electron chi connectivity index (χ0n) is 10.9. The van der Waals surface area contributed by atoms with Crippen LogP contribution in [-0.4, -0.2) is 25.0 Å². The Morgan fingerprint density at radius 1 is 1.21 bits per heavy atom. The Morgan fingerprint density at radius 2 is 1.84 bits per heavy atom. The molecule has 1 aromatic rings. The molecule has 0 radical (unpaired) electrons. The monoisotopic (exact) mass is 262 g/mol. The fraction of sp³-hybridized carbons (Fsp3) is 0.533. The minimum Gasteiger partial charge on any atom is -0.353 e. The third-order valence-electron chi connectivity index (χ3n) is 4.26. The largest absolute Gasteiger partial charge is 0.353 e. The van der Waals surface area contributed by atoms with Crippen molar-refractivity contribution in [2.24, 2.45) is 0 Å². The lowest BCUT2D eigenvalue weighted by Gasteiger charge is -2.26. The van der Waals surface area contributed by atoms with Gasteiger partial charge in [-0.2, -0.15) is 0 Å². The molecule has 2 N–H and O–H groups in total. The van der Waals surface area contributed by atoms with Crippen LogP contribution >= 0.6 is 0 Å². The number of nitrogens with one attached hydrogen (secondary N) is 2. The lowest BCUT2D eigenvalue weighted by Crippen LogP contribution is -2.46. The van der Waals surface area contributed by atoms with Crippen LogP contribution in [0.25, 0.3) is 0 Å². The molecule has 1 aliphatic carbocycles. The Morgan fingerprint density at radius 3 is 2.42 bits per heavy atom. The van der Waals surface area contributed by atoms with Crippen LogP contribution in [0.2, 0.25) is 0 Å². The van der Waals surface area contributed by atoms with Crippen LogP contribution in [0.15, 0.2) is 24.3 Å². The highest BCUT2D eigenvalue weighted by Gasteiger charge is 2.51. The Hall–Kier alpha value is -1.42. The predicted octanol–water partition coefficient (Wildman–Crippen LogP) is 1.73. The van der Waals surface area contributed by atoms with Crippen molar-refractivity contribution < 1.29 is 9.18 Å². The summed E-state index contributed by atoms with van der Waals surface area (Å²) in [6.07, 6.45) is 3.72. The first kappa shape index (κ1) is 12.6. The first-order valence-electron chi connectivity index (χ1n) is 6.98. The maximum Gasteiger partial charge on any atom is 0.230 e. The molecule has 1 saturated carbocycles.